The minimum Gasteiger partial charge on any atom is -0.394 e. The maximum absolute atomic E-state index is 13.9. The van der Waals surface area contributed by atoms with Crippen molar-refractivity contribution >= 4 is 5.91 Å². The average molecular weight is 291 g/mol. The molecule has 0 aromatic heterocycles. The van der Waals surface area contributed by atoms with Crippen LogP contribution in [0.15, 0.2) is 42.5 Å². The van der Waals surface area contributed by atoms with E-state index in [0.717, 1.165) is 6.07 Å². The molecule has 0 heterocycles. The van der Waals surface area contributed by atoms with E-state index < -0.39 is 29.1 Å². The van der Waals surface area contributed by atoms with Crippen LogP contribution in [0, 0.1) is 18.6 Å². The first kappa shape index (κ1) is 15.1. The highest BCUT2D eigenvalue weighted by Gasteiger charge is 2.22. The smallest absolute Gasteiger partial charge is 0.257 e. The Morgan fingerprint density at radius 3 is 2.48 bits per heavy atom. The van der Waals surface area contributed by atoms with Crippen LogP contribution < -0.4 is 5.32 Å². The van der Waals surface area contributed by atoms with E-state index in [9.17, 15) is 18.7 Å². The first-order chi connectivity index (χ1) is 10.0. The number of nitrogens with one attached hydrogen (secondary N) is 1. The number of halogens is 2. The van der Waals surface area contributed by atoms with Crippen molar-refractivity contribution in [3.63, 3.8) is 0 Å². The SMILES string of the molecule is Cc1ccc(F)c(C(=O)N[C@@H](CO)c2ccccc2)c1F. The van der Waals surface area contributed by atoms with Crippen LogP contribution in [0.2, 0.25) is 0 Å². The number of carbonyl (C=O) groups excluding carboxylic acids is 1. The zero-order valence-electron chi connectivity index (χ0n) is 11.4. The van der Waals surface area contributed by atoms with Gasteiger partial charge in [-0.3, -0.25) is 4.79 Å². The van der Waals surface area contributed by atoms with Crippen LogP contribution in [-0.4, -0.2) is 17.6 Å². The second-order valence-corrected chi connectivity index (χ2v) is 4.67. The lowest BCUT2D eigenvalue weighted by atomic mass is 10.1. The number of hydrogen-bond acceptors (Lipinski definition) is 2. The van der Waals surface area contributed by atoms with Gasteiger partial charge in [-0.15, -0.1) is 0 Å². The summed E-state index contributed by atoms with van der Waals surface area (Å²) >= 11 is 0. The lowest BCUT2D eigenvalue weighted by Gasteiger charge is -2.17. The summed E-state index contributed by atoms with van der Waals surface area (Å²) in [5, 5.41) is 11.8. The van der Waals surface area contributed by atoms with E-state index in [-0.39, 0.29) is 12.2 Å². The molecule has 0 spiro atoms. The van der Waals surface area contributed by atoms with Gasteiger partial charge in [-0.2, -0.15) is 0 Å². The van der Waals surface area contributed by atoms with Crippen molar-refractivity contribution < 1.29 is 18.7 Å². The summed E-state index contributed by atoms with van der Waals surface area (Å²) in [7, 11) is 0. The molecule has 21 heavy (non-hydrogen) atoms. The molecule has 0 radical (unpaired) electrons. The van der Waals surface area contributed by atoms with E-state index in [2.05, 4.69) is 5.32 Å². The molecule has 0 bridgehead atoms. The highest BCUT2D eigenvalue weighted by Crippen LogP contribution is 2.18. The fourth-order valence-electron chi connectivity index (χ4n) is 2.01. The Morgan fingerprint density at radius 2 is 1.86 bits per heavy atom. The molecule has 3 nitrogen and oxygen atoms in total. The Morgan fingerprint density at radius 1 is 1.19 bits per heavy atom. The summed E-state index contributed by atoms with van der Waals surface area (Å²) in [6, 6.07) is 10.3. The van der Waals surface area contributed by atoms with E-state index in [1.165, 1.54) is 13.0 Å². The van der Waals surface area contributed by atoms with Gasteiger partial charge in [0.15, 0.2) is 0 Å². The molecule has 0 aliphatic heterocycles. The van der Waals surface area contributed by atoms with E-state index in [1.54, 1.807) is 30.3 Å². The van der Waals surface area contributed by atoms with Gasteiger partial charge >= 0.3 is 0 Å². The number of hydrogen-bond donors (Lipinski definition) is 2. The molecule has 0 saturated carbocycles. The molecule has 0 saturated heterocycles. The topological polar surface area (TPSA) is 49.3 Å². The van der Waals surface area contributed by atoms with Crippen LogP contribution in [0.3, 0.4) is 0 Å². The third-order valence-electron chi connectivity index (χ3n) is 3.20. The van der Waals surface area contributed by atoms with Crippen molar-refractivity contribution in [1.29, 1.82) is 0 Å². The predicted molar refractivity (Wildman–Crippen MR) is 74.8 cm³/mol. The van der Waals surface area contributed by atoms with Crippen molar-refractivity contribution in [2.24, 2.45) is 0 Å². The standard InChI is InChI=1S/C16H15F2NO2/c1-10-7-8-12(17)14(15(10)18)16(21)19-13(9-20)11-5-3-2-4-6-11/h2-8,13,20H,9H2,1H3,(H,19,21)/t13-/m0/s1. The molecular formula is C16H15F2NO2. The van der Waals surface area contributed by atoms with Crippen molar-refractivity contribution in [3.05, 3.63) is 70.8 Å². The Hall–Kier alpha value is -2.27. The minimum absolute atomic E-state index is 0.182. The highest BCUT2D eigenvalue weighted by atomic mass is 19.1. The zero-order chi connectivity index (χ0) is 15.4. The van der Waals surface area contributed by atoms with Crippen LogP contribution >= 0.6 is 0 Å². The van der Waals surface area contributed by atoms with Crippen LogP contribution in [0.25, 0.3) is 0 Å². The van der Waals surface area contributed by atoms with Crippen LogP contribution in [0.5, 0.6) is 0 Å². The molecule has 5 heteroatoms. The summed E-state index contributed by atoms with van der Waals surface area (Å²) in [5.74, 6) is -2.71. The molecule has 0 aliphatic rings. The number of carbonyl (C=O) groups is 1. The van der Waals surface area contributed by atoms with Gasteiger partial charge in [-0.25, -0.2) is 8.78 Å². The Kier molecular flexibility index (Phi) is 4.65. The molecule has 0 aliphatic carbocycles. The second-order valence-electron chi connectivity index (χ2n) is 4.67. The van der Waals surface area contributed by atoms with Gasteiger partial charge < -0.3 is 10.4 Å². The molecule has 1 atom stereocenters. The van der Waals surface area contributed by atoms with Gasteiger partial charge in [0.05, 0.1) is 12.6 Å². The largest absolute Gasteiger partial charge is 0.394 e. The summed E-state index contributed by atoms with van der Waals surface area (Å²) < 4.78 is 27.6. The van der Waals surface area contributed by atoms with E-state index in [0.29, 0.717) is 5.56 Å². The molecular weight excluding hydrogens is 276 g/mol. The maximum Gasteiger partial charge on any atom is 0.257 e. The predicted octanol–water partition coefficient (Wildman–Crippen LogP) is 2.74. The van der Waals surface area contributed by atoms with Gasteiger partial charge in [-0.1, -0.05) is 36.4 Å². The summed E-state index contributed by atoms with van der Waals surface area (Å²) in [5.41, 5.74) is 0.202. The Balaban J connectivity index is 2.27. The third kappa shape index (κ3) is 3.25. The van der Waals surface area contributed by atoms with Gasteiger partial charge in [0.25, 0.3) is 5.91 Å². The fraction of sp³-hybridized carbons (Fsp3) is 0.188. The zero-order valence-corrected chi connectivity index (χ0v) is 11.4. The fourth-order valence-corrected chi connectivity index (χ4v) is 2.01. The molecule has 110 valence electrons. The third-order valence-corrected chi connectivity index (χ3v) is 3.20. The molecule has 2 rings (SSSR count). The lowest BCUT2D eigenvalue weighted by Crippen LogP contribution is -2.32. The molecule has 0 fully saturated rings. The van der Waals surface area contributed by atoms with E-state index in [4.69, 9.17) is 0 Å². The maximum atomic E-state index is 13.9. The quantitative estimate of drug-likeness (QED) is 0.910. The average Bonchev–Trinajstić information content (AvgIpc) is 2.50. The molecule has 1 amide bonds. The molecule has 2 aromatic carbocycles. The molecule has 0 unspecified atom stereocenters. The van der Waals surface area contributed by atoms with Crippen molar-refractivity contribution in [1.82, 2.24) is 5.32 Å². The number of benzene rings is 2. The van der Waals surface area contributed by atoms with Gasteiger partial charge in [-0.05, 0) is 24.1 Å². The summed E-state index contributed by atoms with van der Waals surface area (Å²) in [4.78, 5) is 12.1. The van der Waals surface area contributed by atoms with Crippen LogP contribution in [-0.2, 0) is 0 Å². The van der Waals surface area contributed by atoms with Crippen LogP contribution in [0.4, 0.5) is 8.78 Å². The number of amides is 1. The number of aliphatic hydroxyl groups excluding tert-OH is 1. The van der Waals surface area contributed by atoms with Crippen molar-refractivity contribution in [3.8, 4) is 0 Å². The van der Waals surface area contributed by atoms with Crippen molar-refractivity contribution in [2.45, 2.75) is 13.0 Å². The van der Waals surface area contributed by atoms with Gasteiger partial charge in [0.2, 0.25) is 0 Å². The number of aliphatic hydroxyl groups is 1. The molecule has 2 N–H and O–H groups in total. The highest BCUT2D eigenvalue weighted by molar-refractivity contribution is 5.95. The first-order valence-corrected chi connectivity index (χ1v) is 6.46. The van der Waals surface area contributed by atoms with Gasteiger partial charge in [0.1, 0.15) is 17.2 Å². The van der Waals surface area contributed by atoms with Crippen molar-refractivity contribution in [2.75, 3.05) is 6.61 Å². The summed E-state index contributed by atoms with van der Waals surface area (Å²) in [6.45, 7) is 1.08. The monoisotopic (exact) mass is 291 g/mol. The molecule has 2 aromatic rings. The number of aryl methyl sites for hydroxylation is 1. The summed E-state index contributed by atoms with van der Waals surface area (Å²) in [6.07, 6.45) is 0. The normalized spacial score (nSPS) is 12.0. The Labute approximate surface area is 121 Å². The second kappa shape index (κ2) is 6.45. The van der Waals surface area contributed by atoms with Gasteiger partial charge in [0, 0.05) is 0 Å². The lowest BCUT2D eigenvalue weighted by molar-refractivity contribution is 0.0907. The van der Waals surface area contributed by atoms with E-state index in [1.807, 2.05) is 0 Å². The minimum atomic E-state index is -0.930. The Bertz CT molecular complexity index is 644. The van der Waals surface area contributed by atoms with E-state index >= 15 is 0 Å². The van der Waals surface area contributed by atoms with Crippen LogP contribution in [0.1, 0.15) is 27.5 Å². The number of rotatable bonds is 4. The first-order valence-electron chi connectivity index (χ1n) is 6.46.